The highest BCUT2D eigenvalue weighted by molar-refractivity contribution is 5.91. The molecule has 0 fully saturated rings. The number of amides is 1. The molecule has 1 heterocycles. The fourth-order valence-corrected chi connectivity index (χ4v) is 3.72. The van der Waals surface area contributed by atoms with Gasteiger partial charge in [0.15, 0.2) is 5.58 Å². The summed E-state index contributed by atoms with van der Waals surface area (Å²) in [5.74, 6) is -0.406. The lowest BCUT2D eigenvalue weighted by Gasteiger charge is -2.10. The summed E-state index contributed by atoms with van der Waals surface area (Å²) in [6.45, 7) is 0.456. The van der Waals surface area contributed by atoms with E-state index in [0.29, 0.717) is 24.2 Å². The molecule has 7 heteroatoms. The van der Waals surface area contributed by atoms with Crippen molar-refractivity contribution in [2.24, 2.45) is 0 Å². The molecular formula is C27H24N2O5. The van der Waals surface area contributed by atoms with Gasteiger partial charge in [0, 0.05) is 12.1 Å². The number of anilines is 1. The second kappa shape index (κ2) is 10.4. The number of benzene rings is 3. The maximum Gasteiger partial charge on any atom is 0.419 e. The van der Waals surface area contributed by atoms with Crippen LogP contribution in [0.3, 0.4) is 0 Å². The van der Waals surface area contributed by atoms with Crippen molar-refractivity contribution in [2.45, 2.75) is 13.0 Å². The van der Waals surface area contributed by atoms with Crippen LogP contribution in [0.25, 0.3) is 34.4 Å². The van der Waals surface area contributed by atoms with Crippen LogP contribution in [0, 0.1) is 0 Å². The van der Waals surface area contributed by atoms with E-state index in [-0.39, 0.29) is 0 Å². The van der Waals surface area contributed by atoms with Crippen LogP contribution in [-0.2, 0) is 11.3 Å². The first-order valence-electron chi connectivity index (χ1n) is 10.7. The molecule has 1 amide bonds. The quantitative estimate of drug-likeness (QED) is 0.314. The number of ether oxygens (including phenoxy) is 1. The first kappa shape index (κ1) is 22.7. The van der Waals surface area contributed by atoms with Crippen molar-refractivity contribution >= 4 is 35.0 Å². The number of aromatic nitrogens is 1. The summed E-state index contributed by atoms with van der Waals surface area (Å²) in [7, 11) is 1.57. The van der Waals surface area contributed by atoms with Crippen LogP contribution in [0.4, 0.5) is 10.5 Å². The molecule has 1 aromatic heterocycles. The minimum Gasteiger partial charge on any atom is -0.504 e. The fraction of sp³-hybridized carbons (Fsp3) is 0.111. The summed E-state index contributed by atoms with van der Waals surface area (Å²) < 4.78 is 11.9. The molecule has 0 spiro atoms. The number of methoxy groups -OCH3 is 1. The normalized spacial score (nSPS) is 11.4. The highest BCUT2D eigenvalue weighted by Gasteiger charge is 2.10. The molecule has 0 aliphatic heterocycles. The Morgan fingerprint density at radius 3 is 2.59 bits per heavy atom. The molecule has 0 bridgehead atoms. The summed E-state index contributed by atoms with van der Waals surface area (Å²) in [5, 5.41) is 11.7. The van der Waals surface area contributed by atoms with E-state index in [1.54, 1.807) is 36.1 Å². The average Bonchev–Trinajstić information content (AvgIpc) is 3.15. The summed E-state index contributed by atoms with van der Waals surface area (Å²) in [4.78, 5) is 23.6. The lowest BCUT2D eigenvalue weighted by atomic mass is 10.0. The Hall–Kier alpha value is -4.52. The van der Waals surface area contributed by atoms with Crippen molar-refractivity contribution in [2.75, 3.05) is 12.4 Å². The number of hydrogen-bond acceptors (Lipinski definition) is 4. The second-order valence-corrected chi connectivity index (χ2v) is 7.58. The lowest BCUT2D eigenvalue weighted by Crippen LogP contribution is -2.13. The Bertz CT molecular complexity index is 1410. The van der Waals surface area contributed by atoms with E-state index < -0.39 is 11.8 Å². The molecular weight excluding hydrogens is 432 g/mol. The Kier molecular flexibility index (Phi) is 6.93. The van der Waals surface area contributed by atoms with Gasteiger partial charge in [-0.1, -0.05) is 60.7 Å². The third-order valence-electron chi connectivity index (χ3n) is 5.29. The van der Waals surface area contributed by atoms with E-state index in [0.717, 1.165) is 27.8 Å². The fourth-order valence-electron chi connectivity index (χ4n) is 3.72. The number of oxazole rings is 1. The van der Waals surface area contributed by atoms with Crippen molar-refractivity contribution in [3.8, 4) is 11.1 Å². The molecule has 3 aromatic carbocycles. The zero-order valence-electron chi connectivity index (χ0n) is 18.6. The molecule has 0 saturated heterocycles. The van der Waals surface area contributed by atoms with E-state index in [1.807, 2.05) is 66.7 Å². The molecule has 0 aliphatic carbocycles. The minimum atomic E-state index is -1.12. The second-order valence-electron chi connectivity index (χ2n) is 7.58. The number of hydrogen-bond donors (Lipinski definition) is 2. The van der Waals surface area contributed by atoms with Crippen LogP contribution >= 0.6 is 0 Å². The van der Waals surface area contributed by atoms with E-state index in [9.17, 15) is 14.7 Å². The van der Waals surface area contributed by atoms with Crippen molar-refractivity contribution < 1.29 is 19.1 Å². The van der Waals surface area contributed by atoms with Gasteiger partial charge in [-0.3, -0.25) is 9.88 Å². The van der Waals surface area contributed by atoms with Gasteiger partial charge in [0.25, 0.3) is 0 Å². The van der Waals surface area contributed by atoms with Crippen molar-refractivity contribution in [1.29, 1.82) is 0 Å². The van der Waals surface area contributed by atoms with Gasteiger partial charge in [-0.25, -0.2) is 9.59 Å². The number of carbonyl (C=O) groups is 1. The molecule has 0 atom stereocenters. The Morgan fingerprint density at radius 1 is 1.06 bits per heavy atom. The summed E-state index contributed by atoms with van der Waals surface area (Å²) in [6, 6.07) is 20.8. The highest BCUT2D eigenvalue weighted by Crippen LogP contribution is 2.29. The van der Waals surface area contributed by atoms with Crippen LogP contribution in [0.2, 0.25) is 0 Å². The van der Waals surface area contributed by atoms with Gasteiger partial charge in [-0.15, -0.1) is 0 Å². The predicted octanol–water partition coefficient (Wildman–Crippen LogP) is 6.07. The zero-order chi connectivity index (χ0) is 23.9. The standard InChI is InChI=1S/C27H24N2O5/c1-33-16-14-20-11-13-24-25(18-20)34-27(32)29(24)15-6-5-7-19-10-12-22(21-8-3-2-4-9-21)23(17-19)28-26(30)31/h2-5,7-14,16-18,28H,6,15H2,1H3,(H,30,31)/b7-5+,16-14+. The number of aryl methyl sites for hydroxylation is 1. The Labute approximate surface area is 196 Å². The number of rotatable bonds is 8. The van der Waals surface area contributed by atoms with Gasteiger partial charge in [0.05, 0.1) is 24.6 Å². The first-order chi connectivity index (χ1) is 16.5. The largest absolute Gasteiger partial charge is 0.504 e. The maximum absolute atomic E-state index is 12.3. The monoisotopic (exact) mass is 456 g/mol. The van der Waals surface area contributed by atoms with Crippen molar-refractivity contribution in [1.82, 2.24) is 4.57 Å². The van der Waals surface area contributed by atoms with E-state index >= 15 is 0 Å². The molecule has 0 aliphatic rings. The molecule has 4 rings (SSSR count). The van der Waals surface area contributed by atoms with Gasteiger partial charge in [0.1, 0.15) is 0 Å². The van der Waals surface area contributed by atoms with Gasteiger partial charge in [0.2, 0.25) is 0 Å². The summed E-state index contributed by atoms with van der Waals surface area (Å²) in [5.41, 5.74) is 5.21. The average molecular weight is 456 g/mol. The molecule has 4 aromatic rings. The molecule has 0 radical (unpaired) electrons. The Morgan fingerprint density at radius 2 is 1.82 bits per heavy atom. The smallest absolute Gasteiger partial charge is 0.419 e. The number of nitrogens with one attached hydrogen (secondary N) is 1. The van der Waals surface area contributed by atoms with Gasteiger partial charge < -0.3 is 14.3 Å². The van der Waals surface area contributed by atoms with Gasteiger partial charge in [-0.05, 0) is 47.4 Å². The number of nitrogens with zero attached hydrogens (tertiary/aromatic N) is 1. The number of fused-ring (bicyclic) bond motifs is 1. The molecule has 7 nitrogen and oxygen atoms in total. The molecule has 0 unspecified atom stereocenters. The van der Waals surface area contributed by atoms with E-state index in [1.165, 1.54) is 0 Å². The van der Waals surface area contributed by atoms with Crippen LogP contribution in [-0.4, -0.2) is 22.9 Å². The molecule has 172 valence electrons. The summed E-state index contributed by atoms with van der Waals surface area (Å²) >= 11 is 0. The first-order valence-corrected chi connectivity index (χ1v) is 10.7. The highest BCUT2D eigenvalue weighted by atomic mass is 16.5. The Balaban J connectivity index is 1.50. The van der Waals surface area contributed by atoms with Crippen LogP contribution < -0.4 is 11.1 Å². The van der Waals surface area contributed by atoms with Crippen LogP contribution in [0.1, 0.15) is 17.5 Å². The number of carboxylic acid groups (broad SMARTS) is 1. The van der Waals surface area contributed by atoms with Crippen molar-refractivity contribution in [3.05, 3.63) is 101 Å². The SMILES string of the molecule is CO/C=C/c1ccc2c(c1)oc(=O)n2CC/C=C/c1ccc(-c2ccccc2)c(NC(=O)O)c1. The lowest BCUT2D eigenvalue weighted by molar-refractivity contribution is 0.210. The maximum atomic E-state index is 12.3. The van der Waals surface area contributed by atoms with Gasteiger partial charge in [-0.2, -0.15) is 0 Å². The molecule has 2 N–H and O–H groups in total. The zero-order valence-corrected chi connectivity index (χ0v) is 18.6. The third kappa shape index (κ3) is 5.27. The van der Waals surface area contributed by atoms with Crippen LogP contribution in [0.15, 0.2) is 88.3 Å². The summed E-state index contributed by atoms with van der Waals surface area (Å²) in [6.07, 6.45) is 6.68. The molecule has 0 saturated carbocycles. The predicted molar refractivity (Wildman–Crippen MR) is 134 cm³/mol. The third-order valence-corrected chi connectivity index (χ3v) is 5.29. The van der Waals surface area contributed by atoms with E-state index in [4.69, 9.17) is 9.15 Å². The van der Waals surface area contributed by atoms with Gasteiger partial charge >= 0.3 is 11.8 Å². The van der Waals surface area contributed by atoms with Crippen LogP contribution in [0.5, 0.6) is 0 Å². The van der Waals surface area contributed by atoms with E-state index in [2.05, 4.69) is 5.32 Å². The molecule has 34 heavy (non-hydrogen) atoms. The topological polar surface area (TPSA) is 93.7 Å². The number of allylic oxidation sites excluding steroid dienone is 1. The van der Waals surface area contributed by atoms with Crippen molar-refractivity contribution in [3.63, 3.8) is 0 Å². The minimum absolute atomic E-state index is 0.406.